The predicted octanol–water partition coefficient (Wildman–Crippen LogP) is 6.54. The average molecular weight is 642 g/mol. The minimum atomic E-state index is -0.679. The molecule has 12 heteroatoms. The minimum absolute atomic E-state index is 0.122. The quantitative estimate of drug-likeness (QED) is 0.267. The van der Waals surface area contributed by atoms with Crippen LogP contribution in [-0.2, 0) is 22.5 Å². The van der Waals surface area contributed by atoms with Crippen molar-refractivity contribution < 1.29 is 23.5 Å². The molecule has 246 valence electrons. The molecule has 0 atom stereocenters. The molecule has 5 heterocycles. The summed E-state index contributed by atoms with van der Waals surface area (Å²) < 4.78 is 28.8. The van der Waals surface area contributed by atoms with E-state index in [-0.39, 0.29) is 19.1 Å². The summed E-state index contributed by atoms with van der Waals surface area (Å²) in [4.78, 5) is 38.8. The number of rotatable bonds is 4. The molecule has 1 N–H and O–H groups in total. The van der Waals surface area contributed by atoms with Crippen molar-refractivity contribution in [1.29, 1.82) is 0 Å². The van der Waals surface area contributed by atoms with Crippen LogP contribution in [0.15, 0.2) is 36.7 Å². The highest BCUT2D eigenvalue weighted by molar-refractivity contribution is 5.95. The molecule has 1 fully saturated rings. The Hall–Kier alpha value is -4.74. The lowest BCUT2D eigenvalue weighted by Crippen LogP contribution is -2.42. The Morgan fingerprint density at radius 3 is 2.60 bits per heavy atom. The Kier molecular flexibility index (Phi) is 7.97. The number of hydrogen-bond acceptors (Lipinski definition) is 8. The summed E-state index contributed by atoms with van der Waals surface area (Å²) in [6.45, 7) is 8.76. The third-order valence-corrected chi connectivity index (χ3v) is 9.16. The summed E-state index contributed by atoms with van der Waals surface area (Å²) in [5.74, 6) is 1.14. The Labute approximate surface area is 273 Å². The fraction of sp³-hybridized carbons (Fsp3) is 0.457. The molecule has 0 radical (unpaired) electrons. The standard InChI is InChI=1S/C35H40FN7O4/c1-21-27(19-38-33-32(21)42(12-13-46-33)34(45)47-35(2,3)4)26-14-22-16-29(37-18-23(22)15-28(26)36)39-30-17-25-10-11-41(24-8-6-5-7-9-24)31(44)20-43(25)40-30/h14-19,24H,5-13,20H2,1-4H3,(H,37,39,40). The van der Waals surface area contributed by atoms with Gasteiger partial charge in [-0.3, -0.25) is 14.4 Å². The lowest BCUT2D eigenvalue weighted by molar-refractivity contribution is -0.134. The molecular weight excluding hydrogens is 601 g/mol. The summed E-state index contributed by atoms with van der Waals surface area (Å²) in [7, 11) is 0. The van der Waals surface area contributed by atoms with Crippen LogP contribution in [0.1, 0.15) is 64.1 Å². The van der Waals surface area contributed by atoms with Crippen LogP contribution in [0, 0.1) is 12.7 Å². The molecule has 0 unspecified atom stereocenters. The van der Waals surface area contributed by atoms with Crippen LogP contribution in [0.2, 0.25) is 0 Å². The van der Waals surface area contributed by atoms with E-state index in [9.17, 15) is 9.59 Å². The van der Waals surface area contributed by atoms with Crippen LogP contribution in [0.4, 0.5) is 26.5 Å². The van der Waals surface area contributed by atoms with Gasteiger partial charge in [0.15, 0.2) is 5.82 Å². The van der Waals surface area contributed by atoms with Gasteiger partial charge < -0.3 is 19.7 Å². The van der Waals surface area contributed by atoms with Gasteiger partial charge in [-0.15, -0.1) is 0 Å². The molecule has 1 aliphatic carbocycles. The molecule has 0 spiro atoms. The first-order valence-corrected chi connectivity index (χ1v) is 16.4. The topological polar surface area (TPSA) is 115 Å². The number of hydrogen-bond donors (Lipinski definition) is 1. The summed E-state index contributed by atoms with van der Waals surface area (Å²) in [6, 6.07) is 7.37. The van der Waals surface area contributed by atoms with Crippen LogP contribution < -0.4 is 15.0 Å². The van der Waals surface area contributed by atoms with Gasteiger partial charge in [0, 0.05) is 59.7 Å². The summed E-state index contributed by atoms with van der Waals surface area (Å²) in [6.07, 6.45) is 9.23. The van der Waals surface area contributed by atoms with Crippen LogP contribution in [0.25, 0.3) is 21.9 Å². The van der Waals surface area contributed by atoms with Gasteiger partial charge in [-0.2, -0.15) is 5.10 Å². The van der Waals surface area contributed by atoms with Crippen LogP contribution >= 0.6 is 0 Å². The van der Waals surface area contributed by atoms with Crippen molar-refractivity contribution in [2.45, 2.75) is 84.4 Å². The van der Waals surface area contributed by atoms with Crippen molar-refractivity contribution in [1.82, 2.24) is 24.6 Å². The average Bonchev–Trinajstić information content (AvgIpc) is 3.33. The monoisotopic (exact) mass is 641 g/mol. The number of carbonyl (C=O) groups is 2. The van der Waals surface area contributed by atoms with Gasteiger partial charge in [-0.1, -0.05) is 19.3 Å². The first kappa shape index (κ1) is 30.9. The maximum Gasteiger partial charge on any atom is 0.415 e. The van der Waals surface area contributed by atoms with Crippen molar-refractivity contribution in [3.05, 3.63) is 53.7 Å². The zero-order chi connectivity index (χ0) is 32.9. The number of nitrogens with one attached hydrogen (secondary N) is 1. The Morgan fingerprint density at radius 2 is 1.81 bits per heavy atom. The predicted molar refractivity (Wildman–Crippen MR) is 177 cm³/mol. The molecule has 11 nitrogen and oxygen atoms in total. The third-order valence-electron chi connectivity index (χ3n) is 9.16. The van der Waals surface area contributed by atoms with Gasteiger partial charge >= 0.3 is 6.09 Å². The molecule has 2 aliphatic heterocycles. The number of fused-ring (bicyclic) bond motifs is 3. The Morgan fingerprint density at radius 1 is 1.00 bits per heavy atom. The van der Waals surface area contributed by atoms with E-state index >= 15 is 4.39 Å². The zero-order valence-electron chi connectivity index (χ0n) is 27.3. The van der Waals surface area contributed by atoms with Gasteiger partial charge in [0.1, 0.15) is 36.1 Å². The first-order chi connectivity index (χ1) is 22.5. The van der Waals surface area contributed by atoms with Gasteiger partial charge in [-0.25, -0.2) is 19.2 Å². The highest BCUT2D eigenvalue weighted by Crippen LogP contribution is 2.40. The van der Waals surface area contributed by atoms with E-state index in [2.05, 4.69) is 25.3 Å². The Balaban J connectivity index is 1.14. The molecule has 3 aromatic heterocycles. The fourth-order valence-corrected chi connectivity index (χ4v) is 6.89. The summed E-state index contributed by atoms with van der Waals surface area (Å²) in [5, 5.41) is 9.36. The normalized spacial score (nSPS) is 17.2. The van der Waals surface area contributed by atoms with Crippen molar-refractivity contribution in [2.75, 3.05) is 29.9 Å². The van der Waals surface area contributed by atoms with Gasteiger partial charge in [-0.05, 0) is 69.7 Å². The fourth-order valence-electron chi connectivity index (χ4n) is 6.89. The van der Waals surface area contributed by atoms with E-state index in [0.717, 1.165) is 30.3 Å². The SMILES string of the molecule is Cc1c(-c2cc3cc(Nc4cc5n(n4)CC(=O)N(C4CCCCC4)CC5)ncc3cc2F)cnc2c1N(C(=O)OC(C)(C)C)CCO2. The van der Waals surface area contributed by atoms with E-state index < -0.39 is 17.5 Å². The molecule has 47 heavy (non-hydrogen) atoms. The molecule has 4 aromatic rings. The smallest absolute Gasteiger partial charge is 0.415 e. The van der Waals surface area contributed by atoms with Gasteiger partial charge in [0.05, 0.1) is 6.54 Å². The van der Waals surface area contributed by atoms with E-state index in [4.69, 9.17) is 9.47 Å². The summed E-state index contributed by atoms with van der Waals surface area (Å²) in [5.41, 5.74) is 2.33. The highest BCUT2D eigenvalue weighted by Gasteiger charge is 2.32. The number of aromatic nitrogens is 4. The lowest BCUT2D eigenvalue weighted by Gasteiger charge is -2.33. The van der Waals surface area contributed by atoms with E-state index in [1.165, 1.54) is 30.2 Å². The van der Waals surface area contributed by atoms with E-state index in [0.29, 0.717) is 64.4 Å². The molecule has 1 aromatic carbocycles. The number of nitrogens with zero attached hydrogens (tertiary/aromatic N) is 6. The second-order valence-corrected chi connectivity index (χ2v) is 13.6. The van der Waals surface area contributed by atoms with Crippen molar-refractivity contribution >= 4 is 40.1 Å². The van der Waals surface area contributed by atoms with E-state index in [1.54, 1.807) is 23.1 Å². The number of amides is 2. The maximum atomic E-state index is 15.6. The van der Waals surface area contributed by atoms with Gasteiger partial charge in [0.2, 0.25) is 11.8 Å². The third kappa shape index (κ3) is 6.20. The number of anilines is 3. The van der Waals surface area contributed by atoms with Crippen molar-refractivity contribution in [3.8, 4) is 17.0 Å². The number of halogens is 1. The van der Waals surface area contributed by atoms with E-state index in [1.807, 2.05) is 39.8 Å². The molecule has 0 saturated heterocycles. The lowest BCUT2D eigenvalue weighted by atomic mass is 9.94. The Bertz CT molecular complexity index is 1860. The first-order valence-electron chi connectivity index (χ1n) is 16.4. The van der Waals surface area contributed by atoms with Gasteiger partial charge in [0.25, 0.3) is 0 Å². The number of carbonyl (C=O) groups excluding carboxylic acids is 2. The molecular formula is C35H40FN7O4. The molecule has 7 rings (SSSR count). The molecule has 1 saturated carbocycles. The number of ether oxygens (including phenoxy) is 2. The van der Waals surface area contributed by atoms with Crippen LogP contribution in [0.5, 0.6) is 5.88 Å². The maximum absolute atomic E-state index is 15.6. The minimum Gasteiger partial charge on any atom is -0.474 e. The molecule has 2 amide bonds. The molecule has 0 bridgehead atoms. The van der Waals surface area contributed by atoms with Crippen molar-refractivity contribution in [3.63, 3.8) is 0 Å². The second kappa shape index (κ2) is 12.1. The van der Waals surface area contributed by atoms with Crippen LogP contribution in [0.3, 0.4) is 0 Å². The molecule has 3 aliphatic rings. The largest absolute Gasteiger partial charge is 0.474 e. The highest BCUT2D eigenvalue weighted by atomic mass is 19.1. The zero-order valence-corrected chi connectivity index (χ0v) is 27.3. The second-order valence-electron chi connectivity index (χ2n) is 13.6. The number of benzene rings is 1. The number of pyridine rings is 2. The summed E-state index contributed by atoms with van der Waals surface area (Å²) >= 11 is 0. The van der Waals surface area contributed by atoms with Crippen molar-refractivity contribution in [2.24, 2.45) is 0 Å². The van der Waals surface area contributed by atoms with Crippen LogP contribution in [-0.4, -0.2) is 68.0 Å².